The Morgan fingerprint density at radius 1 is 1.37 bits per heavy atom. The molecule has 0 aliphatic carbocycles. The molecule has 0 unspecified atom stereocenters. The van der Waals surface area contributed by atoms with Crippen molar-refractivity contribution in [3.05, 3.63) is 35.4 Å². The predicted molar refractivity (Wildman–Crippen MR) is 58.5 cm³/mol. The van der Waals surface area contributed by atoms with Crippen LogP contribution in [0.1, 0.15) is 5.56 Å². The normalized spacial score (nSPS) is 22.2. The maximum absolute atomic E-state index is 13.1. The molecule has 1 aromatic carbocycles. The fraction of sp³-hybridized carbons (Fsp3) is 0.250. The van der Waals surface area contributed by atoms with Gasteiger partial charge in [-0.25, -0.2) is 4.79 Å². The van der Waals surface area contributed by atoms with Crippen LogP contribution in [0.4, 0.5) is 13.2 Å². The van der Waals surface area contributed by atoms with Crippen molar-refractivity contribution in [2.45, 2.75) is 12.0 Å². The highest BCUT2D eigenvalue weighted by atomic mass is 19.4. The van der Waals surface area contributed by atoms with Gasteiger partial charge in [0.05, 0.1) is 0 Å². The molecule has 0 spiro atoms. The molecule has 7 heteroatoms. The minimum atomic E-state index is -5.03. The van der Waals surface area contributed by atoms with Crippen LogP contribution in [0.15, 0.2) is 29.8 Å². The van der Waals surface area contributed by atoms with E-state index in [0.717, 1.165) is 13.2 Å². The molecule has 102 valence electrons. The number of alkyl halides is 3. The number of hydrogen-bond donors (Lipinski definition) is 1. The second kappa shape index (κ2) is 4.27. The van der Waals surface area contributed by atoms with E-state index >= 15 is 0 Å². The van der Waals surface area contributed by atoms with E-state index in [2.05, 4.69) is 4.74 Å². The number of carboxylic acid groups (broad SMARTS) is 1. The number of para-hydroxylation sites is 1. The van der Waals surface area contributed by atoms with Gasteiger partial charge in [-0.3, -0.25) is 0 Å². The molecular formula is C12H9F3O4. The number of hydrogen-bond acceptors (Lipinski definition) is 3. The lowest BCUT2D eigenvalue weighted by atomic mass is 9.98. The fourth-order valence-electron chi connectivity index (χ4n) is 1.83. The third-order valence-corrected chi connectivity index (χ3v) is 2.72. The van der Waals surface area contributed by atoms with E-state index in [-0.39, 0.29) is 11.3 Å². The first-order chi connectivity index (χ1) is 8.82. The monoisotopic (exact) mass is 274 g/mol. The maximum Gasteiger partial charge on any atom is 0.460 e. The van der Waals surface area contributed by atoms with Gasteiger partial charge in [-0.05, 0) is 12.1 Å². The van der Waals surface area contributed by atoms with Gasteiger partial charge in [0.2, 0.25) is 0 Å². The van der Waals surface area contributed by atoms with Gasteiger partial charge >= 0.3 is 17.9 Å². The second-order valence-corrected chi connectivity index (χ2v) is 3.82. The van der Waals surface area contributed by atoms with E-state index in [0.29, 0.717) is 0 Å². The van der Waals surface area contributed by atoms with Gasteiger partial charge in [-0.15, -0.1) is 0 Å². The Bertz CT molecular complexity index is 550. The summed E-state index contributed by atoms with van der Waals surface area (Å²) in [5.74, 6) is -5.15. The van der Waals surface area contributed by atoms with E-state index in [1.54, 1.807) is 6.07 Å². The molecular weight excluding hydrogens is 265 g/mol. The van der Waals surface area contributed by atoms with Crippen LogP contribution in [-0.2, 0) is 9.53 Å². The number of carbonyl (C=O) groups is 1. The van der Waals surface area contributed by atoms with Gasteiger partial charge in [0.25, 0.3) is 0 Å². The van der Waals surface area contributed by atoms with E-state index < -0.39 is 23.5 Å². The van der Waals surface area contributed by atoms with Crippen LogP contribution in [0, 0.1) is 0 Å². The lowest BCUT2D eigenvalue weighted by Gasteiger charge is -2.37. The summed E-state index contributed by atoms with van der Waals surface area (Å²) in [6, 6.07) is 5.80. The minimum absolute atomic E-state index is 0.0910. The molecule has 0 bridgehead atoms. The molecule has 0 amide bonds. The molecule has 4 nitrogen and oxygen atoms in total. The summed E-state index contributed by atoms with van der Waals surface area (Å²) in [5.41, 5.74) is -0.766. The molecule has 2 rings (SSSR count). The van der Waals surface area contributed by atoms with Crippen LogP contribution < -0.4 is 4.74 Å². The number of aliphatic carboxylic acids is 1. The topological polar surface area (TPSA) is 55.8 Å². The fourth-order valence-corrected chi connectivity index (χ4v) is 1.83. The molecule has 1 aliphatic rings. The highest BCUT2D eigenvalue weighted by molar-refractivity contribution is 5.95. The lowest BCUT2D eigenvalue weighted by molar-refractivity contribution is -0.326. The molecule has 0 saturated carbocycles. The summed E-state index contributed by atoms with van der Waals surface area (Å²) >= 11 is 0. The van der Waals surface area contributed by atoms with Crippen LogP contribution in [0.5, 0.6) is 5.75 Å². The van der Waals surface area contributed by atoms with Gasteiger partial charge in [-0.1, -0.05) is 18.2 Å². The Hall–Kier alpha value is -2.02. The van der Waals surface area contributed by atoms with E-state index in [4.69, 9.17) is 9.84 Å². The number of methoxy groups -OCH3 is 1. The molecule has 19 heavy (non-hydrogen) atoms. The zero-order valence-electron chi connectivity index (χ0n) is 9.69. The van der Waals surface area contributed by atoms with Crippen LogP contribution in [0.3, 0.4) is 0 Å². The summed E-state index contributed by atoms with van der Waals surface area (Å²) in [6.45, 7) is 0. The number of benzene rings is 1. The van der Waals surface area contributed by atoms with Crippen molar-refractivity contribution in [3.8, 4) is 5.75 Å². The third-order valence-electron chi connectivity index (χ3n) is 2.72. The first-order valence-electron chi connectivity index (χ1n) is 5.17. The van der Waals surface area contributed by atoms with Gasteiger partial charge in [-0.2, -0.15) is 13.2 Å². The average Bonchev–Trinajstić information content (AvgIpc) is 2.35. The molecule has 0 radical (unpaired) electrons. The Kier molecular flexibility index (Phi) is 3.01. The second-order valence-electron chi connectivity index (χ2n) is 3.82. The number of fused-ring (bicyclic) bond motifs is 1. The molecule has 1 aliphatic heterocycles. The quantitative estimate of drug-likeness (QED) is 0.900. The van der Waals surface area contributed by atoms with Crippen molar-refractivity contribution in [3.63, 3.8) is 0 Å². The first-order valence-corrected chi connectivity index (χ1v) is 5.17. The van der Waals surface area contributed by atoms with E-state index in [1.807, 2.05) is 0 Å². The van der Waals surface area contributed by atoms with Crippen LogP contribution in [0.2, 0.25) is 0 Å². The number of rotatable bonds is 2. The maximum atomic E-state index is 13.1. The molecule has 1 aromatic rings. The molecule has 0 fully saturated rings. The predicted octanol–water partition coefficient (Wildman–Crippen LogP) is 2.45. The Labute approximate surface area is 106 Å². The van der Waals surface area contributed by atoms with Gasteiger partial charge in [0.15, 0.2) is 0 Å². The number of carboxylic acids is 1. The SMILES string of the molecule is CO[C@]1(C(F)(F)F)Oc2ccccc2C=C1C(=O)O. The van der Waals surface area contributed by atoms with Gasteiger partial charge in [0, 0.05) is 12.7 Å². The molecule has 0 saturated heterocycles. The summed E-state index contributed by atoms with van der Waals surface area (Å²) < 4.78 is 48.6. The largest absolute Gasteiger partial charge is 0.478 e. The lowest BCUT2D eigenvalue weighted by Crippen LogP contribution is -2.56. The Morgan fingerprint density at radius 3 is 2.53 bits per heavy atom. The Morgan fingerprint density at radius 2 is 2.00 bits per heavy atom. The highest BCUT2D eigenvalue weighted by Crippen LogP contribution is 2.45. The first kappa shape index (κ1) is 13.4. The van der Waals surface area contributed by atoms with Crippen molar-refractivity contribution in [1.29, 1.82) is 0 Å². The van der Waals surface area contributed by atoms with Crippen molar-refractivity contribution in [2.75, 3.05) is 7.11 Å². The summed E-state index contributed by atoms with van der Waals surface area (Å²) in [7, 11) is 0.748. The van der Waals surface area contributed by atoms with E-state index in [1.165, 1.54) is 18.2 Å². The van der Waals surface area contributed by atoms with Crippen LogP contribution >= 0.6 is 0 Å². The minimum Gasteiger partial charge on any atom is -0.478 e. The summed E-state index contributed by atoms with van der Waals surface area (Å²) in [4.78, 5) is 11.1. The number of ether oxygens (including phenoxy) is 2. The van der Waals surface area contributed by atoms with Crippen molar-refractivity contribution < 1.29 is 32.5 Å². The van der Waals surface area contributed by atoms with Gasteiger partial charge in [0.1, 0.15) is 11.3 Å². The van der Waals surface area contributed by atoms with Crippen LogP contribution in [-0.4, -0.2) is 30.1 Å². The Balaban J connectivity index is 2.67. The van der Waals surface area contributed by atoms with Crippen LogP contribution in [0.25, 0.3) is 6.08 Å². The van der Waals surface area contributed by atoms with Crippen molar-refractivity contribution in [1.82, 2.24) is 0 Å². The zero-order chi connectivity index (χ0) is 14.3. The average molecular weight is 274 g/mol. The molecule has 1 heterocycles. The summed E-state index contributed by atoms with van der Waals surface area (Å²) in [5, 5.41) is 8.97. The zero-order valence-corrected chi connectivity index (χ0v) is 9.69. The molecule has 0 aromatic heterocycles. The smallest absolute Gasteiger partial charge is 0.460 e. The standard InChI is InChI=1S/C12H9F3O4/c1-18-11(12(13,14)15)8(10(16)17)6-7-4-2-3-5-9(7)19-11/h2-6H,1H3,(H,16,17)/t11-/m0/s1. The highest BCUT2D eigenvalue weighted by Gasteiger charge is 2.64. The van der Waals surface area contributed by atoms with Crippen molar-refractivity contribution >= 4 is 12.0 Å². The van der Waals surface area contributed by atoms with E-state index in [9.17, 15) is 18.0 Å². The van der Waals surface area contributed by atoms with Crippen molar-refractivity contribution in [2.24, 2.45) is 0 Å². The molecule has 1 N–H and O–H groups in total. The number of halogens is 3. The summed E-state index contributed by atoms with van der Waals surface area (Å²) in [6.07, 6.45) is -4.13. The third kappa shape index (κ3) is 1.95. The molecule has 1 atom stereocenters. The van der Waals surface area contributed by atoms with Gasteiger partial charge < -0.3 is 14.6 Å².